The van der Waals surface area contributed by atoms with Crippen molar-refractivity contribution in [2.24, 2.45) is 11.3 Å². The van der Waals surface area contributed by atoms with Gasteiger partial charge in [-0.15, -0.1) is 11.3 Å². The average Bonchev–Trinajstić information content (AvgIpc) is 3.84. The molecule has 6 bridgehead atoms. The van der Waals surface area contributed by atoms with Crippen LogP contribution in [0.2, 0.25) is 0 Å². The molecule has 0 spiro atoms. The van der Waals surface area contributed by atoms with Crippen molar-refractivity contribution in [2.75, 3.05) is 54.5 Å². The predicted molar refractivity (Wildman–Crippen MR) is 297 cm³/mol. The molecule has 3 aromatic heterocycles. The molecular weight excluding hydrogens is 979 g/mol. The summed E-state index contributed by atoms with van der Waals surface area (Å²) in [5, 5.41) is 8.23. The Hall–Kier alpha value is -3.15. The summed E-state index contributed by atoms with van der Waals surface area (Å²) in [6.45, 7) is 14.7. The fraction of sp³-hybridized carbons (Fsp3) is 0.574. The second kappa shape index (κ2) is 25.8. The van der Waals surface area contributed by atoms with Crippen LogP contribution < -0.4 is 10.7 Å². The van der Waals surface area contributed by atoms with E-state index >= 15 is 0 Å². The number of hydrogen-bond donors (Lipinski definition) is 2. The largest absolute Gasteiger partial charge is 0.464 e. The lowest BCUT2D eigenvalue weighted by atomic mass is 9.84. The molecule has 2 saturated heterocycles. The fourth-order valence-corrected chi connectivity index (χ4v) is 10.2. The Morgan fingerprint density at radius 2 is 1.76 bits per heavy atom. The fourth-order valence-electron chi connectivity index (χ4n) is 9.37. The quantitative estimate of drug-likeness (QED) is 0.169. The van der Waals surface area contributed by atoms with Gasteiger partial charge < -0.3 is 34.1 Å². The monoisotopic (exact) mass is 1050 g/mol. The van der Waals surface area contributed by atoms with Crippen molar-refractivity contribution in [3.63, 3.8) is 0 Å². The number of hydrogen-bond acceptors (Lipinski definition) is 11. The van der Waals surface area contributed by atoms with Crippen LogP contribution in [0.5, 0.6) is 0 Å². The first kappa shape index (κ1) is 61.0. The van der Waals surface area contributed by atoms with Crippen LogP contribution in [-0.4, -0.2) is 137 Å². The van der Waals surface area contributed by atoms with Crippen LogP contribution in [0, 0.1) is 11.3 Å². The number of cyclic esters (lactones) is 1. The summed E-state index contributed by atoms with van der Waals surface area (Å²) in [6.07, 6.45) is 4.21. The van der Waals surface area contributed by atoms with E-state index in [-0.39, 0.29) is 111 Å². The van der Waals surface area contributed by atoms with Gasteiger partial charge in [0.25, 0.3) is 5.91 Å². The Morgan fingerprint density at radius 3 is 2.40 bits per heavy atom. The molecule has 6 heterocycles. The van der Waals surface area contributed by atoms with Gasteiger partial charge in [-0.2, -0.15) is 67.5 Å². The molecule has 15 nitrogen and oxygen atoms in total. The number of pyridine rings is 1. The minimum Gasteiger partial charge on any atom is -0.464 e. The number of likely N-dealkylation sites (N-methyl/N-ethyl adjacent to an activating group) is 2. The van der Waals surface area contributed by atoms with Crippen LogP contribution >= 0.6 is 78.8 Å². The number of aromatic nitrogens is 3. The topological polar surface area (TPSA) is 154 Å². The summed E-state index contributed by atoms with van der Waals surface area (Å²) >= 11 is 1.43. The van der Waals surface area contributed by atoms with Crippen LogP contribution in [0.3, 0.4) is 0 Å². The highest BCUT2D eigenvalue weighted by Gasteiger charge is 2.41. The van der Waals surface area contributed by atoms with Crippen LogP contribution in [0.4, 0.5) is 4.79 Å². The molecule has 68 heavy (non-hydrogen) atoms. The maximum absolute atomic E-state index is 14.6. The number of aryl methyl sites for hydroxylation is 1. The minimum absolute atomic E-state index is 0. The molecule has 0 saturated carbocycles. The zero-order chi connectivity index (χ0) is 45.3. The Labute approximate surface area is 441 Å². The highest BCUT2D eigenvalue weighted by Crippen LogP contribution is 2.42. The van der Waals surface area contributed by atoms with Crippen LogP contribution in [-0.2, 0) is 43.2 Å². The normalized spacial score (nSPS) is 19.9. The number of nitrogens with one attached hydrogen (secondary N) is 2. The first-order chi connectivity index (χ1) is 30.0. The summed E-state index contributed by atoms with van der Waals surface area (Å²) in [6, 6.07) is 7.69. The van der Waals surface area contributed by atoms with Crippen LogP contribution in [0.15, 0.2) is 41.9 Å². The summed E-state index contributed by atoms with van der Waals surface area (Å²) in [7, 11) is 7.32. The highest BCUT2D eigenvalue weighted by atomic mass is 32.1. The predicted octanol–water partition coefficient (Wildman–Crippen LogP) is 6.48. The van der Waals surface area contributed by atoms with Crippen molar-refractivity contribution in [1.29, 1.82) is 0 Å². The maximum atomic E-state index is 14.6. The molecule has 5 atom stereocenters. The van der Waals surface area contributed by atoms with E-state index in [9.17, 15) is 19.2 Å². The van der Waals surface area contributed by atoms with Crippen LogP contribution in [0.25, 0.3) is 33.4 Å². The van der Waals surface area contributed by atoms with E-state index in [1.807, 2.05) is 51.2 Å². The summed E-state index contributed by atoms with van der Waals surface area (Å²) < 4.78 is 14.2. The molecule has 21 heteroatoms. The summed E-state index contributed by atoms with van der Waals surface area (Å²) in [5.74, 6) is -1.50. The van der Waals surface area contributed by atoms with Gasteiger partial charge >= 0.3 is 12.0 Å². The standard InChI is InChI=1S/C47H65N9O6S.5H2S/c1-11-54-38-17-16-30-22-33(38)34(42(54)32-14-12-19-48-40(32)29(4)61-10)24-47(5,6)27-62-45(59)35-15-13-20-56(51-35)44(58)36(23-39-49-37(30)26-63-39)50-43(57)41(28(2)3)53(9)46(60)55-21-18-31(55)25-52(7)8;;;;;/h12,14,16-17,19,22,26,28-29,31,35-36,41,51H,11,13,15,18,20-21,23-25,27H2,1-10H3,(H,50,57);5*1H2/t29-,31-,35-,36-,41-;;;;;/m0...../s1. The third kappa shape index (κ3) is 13.0. The number of methoxy groups -OCH3 is 1. The number of thiazole rings is 1. The molecule has 380 valence electrons. The summed E-state index contributed by atoms with van der Waals surface area (Å²) in [4.78, 5) is 72.0. The van der Waals surface area contributed by atoms with Crippen molar-refractivity contribution < 1.29 is 28.7 Å². The Balaban J connectivity index is 0.00000317. The van der Waals surface area contributed by atoms with Crippen molar-refractivity contribution >= 4 is 114 Å². The average molecular weight is 1050 g/mol. The number of urea groups is 1. The molecule has 0 unspecified atom stereocenters. The van der Waals surface area contributed by atoms with Gasteiger partial charge in [-0.3, -0.25) is 24.4 Å². The van der Waals surface area contributed by atoms with E-state index in [4.69, 9.17) is 19.4 Å². The molecule has 3 aliphatic heterocycles. The van der Waals surface area contributed by atoms with E-state index in [2.05, 4.69) is 65.2 Å². The first-order valence-electron chi connectivity index (χ1n) is 22.3. The van der Waals surface area contributed by atoms with E-state index in [1.54, 1.807) is 20.4 Å². The maximum Gasteiger partial charge on any atom is 0.324 e. The van der Waals surface area contributed by atoms with Gasteiger partial charge in [0.15, 0.2) is 0 Å². The lowest BCUT2D eigenvalue weighted by Crippen LogP contribution is -2.64. The third-order valence-electron chi connectivity index (χ3n) is 12.7. The molecule has 1 aromatic carbocycles. The first-order valence-corrected chi connectivity index (χ1v) is 23.2. The molecule has 3 aliphatic rings. The molecule has 4 aromatic rings. The highest BCUT2D eigenvalue weighted by molar-refractivity contribution is 7.60. The van der Waals surface area contributed by atoms with E-state index in [0.717, 1.165) is 57.6 Å². The number of likely N-dealkylation sites (tertiary alicyclic amines) is 1. The SMILES string of the molecule is CCn1c(-c2cccnc2[C@H](C)OC)c2c3cc(ccc31)-c1csc(n1)C[C@H](NC(=O)[C@H](C(C)C)N(C)C(=O)N1CC[C@H]1CN(C)C)C(=O)N1CCC[C@H](N1)C(=O)OCC(C)(C)C2.S.S.S.S.S. The molecular formula is C47H75N9O6S6. The zero-order valence-electron chi connectivity index (χ0n) is 41.1. The molecule has 7 rings (SSSR count). The lowest BCUT2D eigenvalue weighted by Gasteiger charge is -2.45. The Bertz CT molecular complexity index is 2340. The van der Waals surface area contributed by atoms with Crippen molar-refractivity contribution in [2.45, 2.75) is 110 Å². The molecule has 0 aliphatic carbocycles. The number of ether oxygens (including phenoxy) is 2. The van der Waals surface area contributed by atoms with Crippen molar-refractivity contribution in [1.82, 2.24) is 45.0 Å². The number of rotatable bonds is 10. The third-order valence-corrected chi connectivity index (χ3v) is 13.6. The van der Waals surface area contributed by atoms with Gasteiger partial charge in [0.05, 0.1) is 34.8 Å². The molecule has 2 N–H and O–H groups in total. The number of nitrogens with zero attached hydrogens (tertiary/aromatic N) is 7. The van der Waals surface area contributed by atoms with Crippen LogP contribution in [0.1, 0.15) is 83.2 Å². The number of hydrazine groups is 1. The number of carbonyl (C=O) groups excluding carboxylic acids is 4. The van der Waals surface area contributed by atoms with Crippen molar-refractivity contribution in [3.05, 3.63) is 58.2 Å². The summed E-state index contributed by atoms with van der Waals surface area (Å²) in [5.41, 5.74) is 9.40. The number of carbonyl (C=O) groups is 4. The Kier molecular flexibility index (Phi) is 23.1. The van der Waals surface area contributed by atoms with Gasteiger partial charge in [-0.25, -0.2) is 15.2 Å². The zero-order valence-corrected chi connectivity index (χ0v) is 46.9. The Morgan fingerprint density at radius 1 is 1.04 bits per heavy atom. The van der Waals surface area contributed by atoms with Gasteiger partial charge in [-0.1, -0.05) is 33.8 Å². The minimum atomic E-state index is -1.04. The number of amides is 4. The smallest absolute Gasteiger partial charge is 0.324 e. The second-order valence-electron chi connectivity index (χ2n) is 18.8. The molecule has 4 amide bonds. The van der Waals surface area contributed by atoms with E-state index in [0.29, 0.717) is 43.9 Å². The second-order valence-corrected chi connectivity index (χ2v) is 19.7. The van der Waals surface area contributed by atoms with Gasteiger partial charge in [0.2, 0.25) is 5.91 Å². The molecule has 0 radical (unpaired) electrons. The lowest BCUT2D eigenvalue weighted by molar-refractivity contribution is -0.155. The van der Waals surface area contributed by atoms with E-state index in [1.165, 1.54) is 21.2 Å². The number of benzene rings is 1. The van der Waals surface area contributed by atoms with Gasteiger partial charge in [-0.05, 0) is 89.4 Å². The number of esters is 1. The number of fused-ring (bicyclic) bond motifs is 6. The van der Waals surface area contributed by atoms with Crippen molar-refractivity contribution in [3.8, 4) is 22.5 Å². The van der Waals surface area contributed by atoms with E-state index < -0.39 is 35.4 Å². The molecule has 2 fully saturated rings. The van der Waals surface area contributed by atoms with Gasteiger partial charge in [0, 0.05) is 91.8 Å². The van der Waals surface area contributed by atoms with Gasteiger partial charge in [0.1, 0.15) is 18.1 Å².